The Morgan fingerprint density at radius 2 is 1.86 bits per heavy atom. The number of morpholine rings is 1. The number of amides is 1. The van der Waals surface area contributed by atoms with Crippen molar-refractivity contribution in [3.63, 3.8) is 0 Å². The van der Waals surface area contributed by atoms with Gasteiger partial charge in [0, 0.05) is 38.3 Å². The molecule has 1 fully saturated rings. The summed E-state index contributed by atoms with van der Waals surface area (Å²) in [6.45, 7) is 9.54. The van der Waals surface area contributed by atoms with E-state index in [1.165, 1.54) is 7.11 Å². The van der Waals surface area contributed by atoms with Crippen LogP contribution in [0.5, 0.6) is 0 Å². The highest BCUT2D eigenvalue weighted by Crippen LogP contribution is 2.30. The first kappa shape index (κ1) is 27.0. The summed E-state index contributed by atoms with van der Waals surface area (Å²) in [5, 5.41) is 0. The van der Waals surface area contributed by atoms with Gasteiger partial charge in [-0.3, -0.25) is 24.3 Å². The molecule has 200 valence electrons. The molecule has 10 nitrogen and oxygen atoms in total. The molecule has 2 aromatic rings. The molecule has 0 radical (unpaired) electrons. The van der Waals surface area contributed by atoms with Crippen molar-refractivity contribution in [1.82, 2.24) is 19.8 Å². The van der Waals surface area contributed by atoms with Gasteiger partial charge < -0.3 is 15.2 Å². The first-order chi connectivity index (χ1) is 17.9. The zero-order chi connectivity index (χ0) is 26.2. The van der Waals surface area contributed by atoms with E-state index in [-0.39, 0.29) is 24.7 Å². The van der Waals surface area contributed by atoms with Gasteiger partial charge in [0.2, 0.25) is 5.91 Å². The molecule has 0 aliphatic carbocycles. The lowest BCUT2D eigenvalue weighted by atomic mass is 10.1. The molecule has 1 aromatic heterocycles. The second-order valence-corrected chi connectivity index (χ2v) is 9.69. The number of fused-ring (bicyclic) bond motifs is 1. The van der Waals surface area contributed by atoms with Gasteiger partial charge in [0.25, 0.3) is 0 Å². The number of nitrogens with zero attached hydrogens (tertiary/aromatic N) is 5. The number of aryl methyl sites for hydroxylation is 1. The molecule has 1 aromatic carbocycles. The van der Waals surface area contributed by atoms with E-state index in [9.17, 15) is 9.59 Å². The van der Waals surface area contributed by atoms with E-state index in [2.05, 4.69) is 31.9 Å². The maximum Gasteiger partial charge on any atom is 0.309 e. The fourth-order valence-corrected chi connectivity index (χ4v) is 4.99. The lowest BCUT2D eigenvalue weighted by Gasteiger charge is -2.29. The quantitative estimate of drug-likeness (QED) is 0.425. The summed E-state index contributed by atoms with van der Waals surface area (Å²) in [5.41, 5.74) is 8.89. The van der Waals surface area contributed by atoms with Crippen LogP contribution in [0.15, 0.2) is 24.3 Å². The number of anilines is 2. The van der Waals surface area contributed by atoms with Crippen LogP contribution >= 0.6 is 0 Å². The first-order valence-electron chi connectivity index (χ1n) is 13.0. The minimum atomic E-state index is -0.241. The van der Waals surface area contributed by atoms with E-state index < -0.39 is 0 Å². The Balaban J connectivity index is 1.38. The van der Waals surface area contributed by atoms with Gasteiger partial charge >= 0.3 is 5.97 Å². The smallest absolute Gasteiger partial charge is 0.309 e. The molecule has 37 heavy (non-hydrogen) atoms. The first-order valence-corrected chi connectivity index (χ1v) is 13.0. The summed E-state index contributed by atoms with van der Waals surface area (Å²) in [6, 6.07) is 8.12. The molecular weight excluding hydrogens is 472 g/mol. The zero-order valence-corrected chi connectivity index (χ0v) is 21.9. The standard InChI is InChI=1S/C27H38N6O4/c1-20-29-26(28)23-18-24(34)33(27(23)30-20)11-5-10-32(9-4-8-31-12-14-37-15-13-31)19-22-7-3-6-21(16-22)17-25(35)36-2/h3,6-7,16H,4-5,8-15,17-19H2,1-2H3,(H2,28,29,30). The van der Waals surface area contributed by atoms with Crippen molar-refractivity contribution in [3.8, 4) is 0 Å². The van der Waals surface area contributed by atoms with Crippen LogP contribution in [0.1, 0.15) is 35.4 Å². The van der Waals surface area contributed by atoms with E-state index >= 15 is 0 Å². The van der Waals surface area contributed by atoms with Crippen molar-refractivity contribution in [2.45, 2.75) is 39.2 Å². The van der Waals surface area contributed by atoms with Crippen molar-refractivity contribution >= 4 is 23.5 Å². The average Bonchev–Trinajstić information content (AvgIpc) is 3.20. The van der Waals surface area contributed by atoms with Crippen molar-refractivity contribution in [2.24, 2.45) is 0 Å². The van der Waals surface area contributed by atoms with Crippen LogP contribution in [0.4, 0.5) is 11.6 Å². The third-order valence-corrected chi connectivity index (χ3v) is 6.90. The van der Waals surface area contributed by atoms with Gasteiger partial charge in [-0.05, 0) is 44.0 Å². The van der Waals surface area contributed by atoms with Gasteiger partial charge in [0.15, 0.2) is 0 Å². The molecule has 0 unspecified atom stereocenters. The number of hydrogen-bond donors (Lipinski definition) is 1. The third kappa shape index (κ3) is 7.47. The summed E-state index contributed by atoms with van der Waals surface area (Å²) in [6.07, 6.45) is 2.39. The topological polar surface area (TPSA) is 114 Å². The lowest BCUT2D eigenvalue weighted by Crippen LogP contribution is -2.38. The number of ether oxygens (including phenoxy) is 2. The SMILES string of the molecule is COC(=O)Cc1cccc(CN(CCCN2CCOCC2)CCCN2C(=O)Cc3c(N)nc(C)nc32)c1. The van der Waals surface area contributed by atoms with Crippen molar-refractivity contribution in [1.29, 1.82) is 0 Å². The Kier molecular flexibility index (Phi) is 9.43. The molecule has 1 saturated heterocycles. The predicted octanol–water partition coefficient (Wildman–Crippen LogP) is 1.59. The fraction of sp³-hybridized carbons (Fsp3) is 0.556. The van der Waals surface area contributed by atoms with E-state index in [1.807, 2.05) is 12.1 Å². The summed E-state index contributed by atoms with van der Waals surface area (Å²) < 4.78 is 10.3. The molecule has 2 aliphatic rings. The second-order valence-electron chi connectivity index (χ2n) is 9.69. The minimum absolute atomic E-state index is 0.0241. The van der Waals surface area contributed by atoms with Crippen LogP contribution in [0.25, 0.3) is 0 Å². The number of hydrogen-bond acceptors (Lipinski definition) is 9. The number of rotatable bonds is 12. The number of benzene rings is 1. The van der Waals surface area contributed by atoms with E-state index in [0.717, 1.165) is 82.0 Å². The zero-order valence-electron chi connectivity index (χ0n) is 21.9. The number of nitrogen functional groups attached to an aromatic ring is 1. The van der Waals surface area contributed by atoms with Crippen LogP contribution in [-0.4, -0.2) is 91.2 Å². The monoisotopic (exact) mass is 510 g/mol. The second kappa shape index (κ2) is 12.9. The largest absolute Gasteiger partial charge is 0.469 e. The number of methoxy groups -OCH3 is 1. The third-order valence-electron chi connectivity index (χ3n) is 6.90. The van der Waals surface area contributed by atoms with Crippen LogP contribution in [0, 0.1) is 6.92 Å². The van der Waals surface area contributed by atoms with Crippen LogP contribution in [0.2, 0.25) is 0 Å². The van der Waals surface area contributed by atoms with Gasteiger partial charge in [0.05, 0.1) is 33.2 Å². The highest BCUT2D eigenvalue weighted by Gasteiger charge is 2.31. The molecule has 2 N–H and O–H groups in total. The Bertz CT molecular complexity index is 1090. The predicted molar refractivity (Wildman–Crippen MR) is 141 cm³/mol. The van der Waals surface area contributed by atoms with Crippen LogP contribution < -0.4 is 10.6 Å². The van der Waals surface area contributed by atoms with Gasteiger partial charge in [-0.25, -0.2) is 9.97 Å². The minimum Gasteiger partial charge on any atom is -0.469 e. The highest BCUT2D eigenvalue weighted by molar-refractivity contribution is 6.01. The van der Waals surface area contributed by atoms with E-state index in [1.54, 1.807) is 11.8 Å². The summed E-state index contributed by atoms with van der Waals surface area (Å²) in [4.78, 5) is 39.8. The van der Waals surface area contributed by atoms with Crippen molar-refractivity contribution in [3.05, 3.63) is 46.8 Å². The number of carbonyl (C=O) groups excluding carboxylic acids is 2. The molecule has 0 saturated carbocycles. The molecule has 0 spiro atoms. The van der Waals surface area contributed by atoms with Crippen molar-refractivity contribution in [2.75, 3.05) is 70.2 Å². The maximum absolute atomic E-state index is 12.7. The van der Waals surface area contributed by atoms with Gasteiger partial charge in [-0.15, -0.1) is 0 Å². The molecule has 3 heterocycles. The number of aromatic nitrogens is 2. The highest BCUT2D eigenvalue weighted by atomic mass is 16.5. The van der Waals surface area contributed by atoms with E-state index in [4.69, 9.17) is 15.2 Å². The van der Waals surface area contributed by atoms with E-state index in [0.29, 0.717) is 24.0 Å². The number of carbonyl (C=O) groups is 2. The molecule has 10 heteroatoms. The molecule has 1 amide bonds. The Morgan fingerprint density at radius 1 is 1.14 bits per heavy atom. The normalized spacial score (nSPS) is 15.9. The Labute approximate surface area is 218 Å². The Hall–Kier alpha value is -3.08. The molecule has 0 atom stereocenters. The summed E-state index contributed by atoms with van der Waals surface area (Å²) in [7, 11) is 1.41. The number of esters is 1. The molecule has 2 aliphatic heterocycles. The van der Waals surface area contributed by atoms with Gasteiger partial charge in [-0.1, -0.05) is 24.3 Å². The molecule has 0 bridgehead atoms. The lowest BCUT2D eigenvalue weighted by molar-refractivity contribution is -0.139. The summed E-state index contributed by atoms with van der Waals surface area (Å²) in [5.74, 6) is 1.41. The number of nitrogens with two attached hydrogens (primary N) is 1. The molecular formula is C27H38N6O4. The van der Waals surface area contributed by atoms with Crippen LogP contribution in [0.3, 0.4) is 0 Å². The van der Waals surface area contributed by atoms with Crippen molar-refractivity contribution < 1.29 is 19.1 Å². The van der Waals surface area contributed by atoms with Crippen LogP contribution in [-0.2, 0) is 38.4 Å². The fourth-order valence-electron chi connectivity index (χ4n) is 4.99. The Morgan fingerprint density at radius 3 is 2.62 bits per heavy atom. The molecule has 4 rings (SSSR count). The maximum atomic E-state index is 12.7. The summed E-state index contributed by atoms with van der Waals surface area (Å²) >= 11 is 0. The average molecular weight is 511 g/mol. The van der Waals surface area contributed by atoms with Gasteiger partial charge in [0.1, 0.15) is 17.5 Å². The van der Waals surface area contributed by atoms with Gasteiger partial charge in [-0.2, -0.15) is 0 Å².